The van der Waals surface area contributed by atoms with Crippen molar-refractivity contribution in [2.24, 2.45) is 5.92 Å². The molecule has 1 aliphatic carbocycles. The highest BCUT2D eigenvalue weighted by molar-refractivity contribution is 6.30. The summed E-state index contributed by atoms with van der Waals surface area (Å²) in [6.07, 6.45) is 5.53. The summed E-state index contributed by atoms with van der Waals surface area (Å²) >= 11 is 5.78. The molecule has 18 heavy (non-hydrogen) atoms. The van der Waals surface area contributed by atoms with Gasteiger partial charge < -0.3 is 5.11 Å². The molecule has 1 N–H and O–H groups in total. The summed E-state index contributed by atoms with van der Waals surface area (Å²) in [7, 11) is 0. The highest BCUT2D eigenvalue weighted by atomic mass is 35.5. The fraction of sp³-hybridized carbons (Fsp3) is 0.600. The van der Waals surface area contributed by atoms with Crippen molar-refractivity contribution in [1.82, 2.24) is 0 Å². The molecule has 1 fully saturated rings. The number of hydrogen-bond donors (Lipinski definition) is 1. The van der Waals surface area contributed by atoms with Crippen LogP contribution in [0.5, 0.6) is 0 Å². The molecule has 0 aromatic heterocycles. The van der Waals surface area contributed by atoms with Crippen LogP contribution in [-0.2, 0) is 6.42 Å². The maximum atomic E-state index is 13.1. The minimum atomic E-state index is -0.647. The highest BCUT2D eigenvalue weighted by Crippen LogP contribution is 2.33. The Morgan fingerprint density at radius 1 is 1.39 bits per heavy atom. The molecule has 2 atom stereocenters. The summed E-state index contributed by atoms with van der Waals surface area (Å²) in [6.45, 7) is 2.24. The van der Waals surface area contributed by atoms with Gasteiger partial charge >= 0.3 is 0 Å². The molecule has 1 aromatic rings. The lowest BCUT2D eigenvalue weighted by molar-refractivity contribution is 0.0244. The largest absolute Gasteiger partial charge is 0.390 e. The molecule has 0 aliphatic heterocycles. The average molecular weight is 271 g/mol. The van der Waals surface area contributed by atoms with Gasteiger partial charge in [-0.15, -0.1) is 0 Å². The van der Waals surface area contributed by atoms with Crippen molar-refractivity contribution >= 4 is 11.6 Å². The second-order valence-electron chi connectivity index (χ2n) is 5.69. The summed E-state index contributed by atoms with van der Waals surface area (Å²) in [5.74, 6) is 0.290. The van der Waals surface area contributed by atoms with Crippen molar-refractivity contribution in [3.8, 4) is 0 Å². The minimum absolute atomic E-state index is 0.137. The minimum Gasteiger partial charge on any atom is -0.390 e. The topological polar surface area (TPSA) is 20.2 Å². The second-order valence-corrected chi connectivity index (χ2v) is 6.09. The van der Waals surface area contributed by atoms with Gasteiger partial charge in [-0.1, -0.05) is 37.4 Å². The van der Waals surface area contributed by atoms with E-state index in [0.29, 0.717) is 12.3 Å². The Hall–Kier alpha value is -0.600. The lowest BCUT2D eigenvalue weighted by atomic mass is 9.87. The van der Waals surface area contributed by atoms with Gasteiger partial charge in [-0.25, -0.2) is 4.39 Å². The van der Waals surface area contributed by atoms with Gasteiger partial charge in [0.15, 0.2) is 0 Å². The third kappa shape index (κ3) is 3.46. The first kappa shape index (κ1) is 13.8. The van der Waals surface area contributed by atoms with Gasteiger partial charge in [0.2, 0.25) is 0 Å². The van der Waals surface area contributed by atoms with E-state index >= 15 is 0 Å². The third-order valence-corrected chi connectivity index (χ3v) is 4.25. The van der Waals surface area contributed by atoms with E-state index in [1.54, 1.807) is 12.1 Å². The molecule has 0 radical (unpaired) electrons. The lowest BCUT2D eigenvalue weighted by Crippen LogP contribution is -2.30. The number of hydrogen-bond acceptors (Lipinski definition) is 1. The summed E-state index contributed by atoms with van der Waals surface area (Å²) in [4.78, 5) is 0. The van der Waals surface area contributed by atoms with Crippen LogP contribution in [0, 0.1) is 11.7 Å². The molecule has 1 nitrogen and oxygen atoms in total. The van der Waals surface area contributed by atoms with Gasteiger partial charge in [0.1, 0.15) is 5.82 Å². The van der Waals surface area contributed by atoms with E-state index < -0.39 is 11.4 Å². The van der Waals surface area contributed by atoms with Crippen molar-refractivity contribution < 1.29 is 9.50 Å². The Morgan fingerprint density at radius 2 is 2.17 bits per heavy atom. The molecular formula is C15H20ClFO. The van der Waals surface area contributed by atoms with Crippen molar-refractivity contribution in [3.05, 3.63) is 34.6 Å². The maximum absolute atomic E-state index is 13.1. The number of aliphatic hydroxyl groups is 1. The predicted octanol–water partition coefficient (Wildman–Crippen LogP) is 4.35. The highest BCUT2D eigenvalue weighted by Gasteiger charge is 2.30. The van der Waals surface area contributed by atoms with E-state index in [9.17, 15) is 9.50 Å². The van der Waals surface area contributed by atoms with Gasteiger partial charge in [0.05, 0.1) is 10.6 Å². The molecule has 0 spiro atoms. The van der Waals surface area contributed by atoms with Gasteiger partial charge in [0.25, 0.3) is 0 Å². The number of benzene rings is 1. The molecule has 1 aliphatic rings. The Labute approximate surface area is 113 Å². The van der Waals surface area contributed by atoms with E-state index in [2.05, 4.69) is 6.92 Å². The van der Waals surface area contributed by atoms with Crippen LogP contribution in [0.15, 0.2) is 18.2 Å². The normalized spacial score (nSPS) is 29.0. The van der Waals surface area contributed by atoms with Gasteiger partial charge in [0, 0.05) is 6.42 Å². The van der Waals surface area contributed by atoms with Gasteiger partial charge in [-0.2, -0.15) is 0 Å². The fourth-order valence-electron chi connectivity index (χ4n) is 2.77. The zero-order chi connectivity index (χ0) is 13.2. The van der Waals surface area contributed by atoms with Crippen LogP contribution < -0.4 is 0 Å². The zero-order valence-electron chi connectivity index (χ0n) is 10.8. The van der Waals surface area contributed by atoms with Crippen molar-refractivity contribution in [3.63, 3.8) is 0 Å². The Kier molecular flexibility index (Phi) is 4.29. The standard InChI is InChI=1S/C15H20ClFO/c1-11-3-2-7-15(18,8-6-11)10-12-4-5-14(17)13(16)9-12/h4-5,9,11,18H,2-3,6-8,10H2,1H3. The molecule has 0 amide bonds. The molecule has 1 saturated carbocycles. The summed E-state index contributed by atoms with van der Waals surface area (Å²) in [5, 5.41) is 10.8. The Balaban J connectivity index is 2.09. The molecule has 100 valence electrons. The van der Waals surface area contributed by atoms with Crippen molar-refractivity contribution in [2.45, 2.75) is 51.0 Å². The zero-order valence-corrected chi connectivity index (χ0v) is 11.5. The maximum Gasteiger partial charge on any atom is 0.141 e. The van der Waals surface area contributed by atoms with Gasteiger partial charge in [-0.3, -0.25) is 0 Å². The van der Waals surface area contributed by atoms with Gasteiger partial charge in [-0.05, 0) is 42.9 Å². The molecule has 0 saturated heterocycles. The van der Waals surface area contributed by atoms with E-state index in [-0.39, 0.29) is 5.02 Å². The Morgan fingerprint density at radius 3 is 2.89 bits per heavy atom. The van der Waals surface area contributed by atoms with Crippen LogP contribution in [-0.4, -0.2) is 10.7 Å². The van der Waals surface area contributed by atoms with Crippen LogP contribution >= 0.6 is 11.6 Å². The van der Waals surface area contributed by atoms with Crippen LogP contribution in [0.25, 0.3) is 0 Å². The summed E-state index contributed by atoms with van der Waals surface area (Å²) in [6, 6.07) is 4.72. The van der Waals surface area contributed by atoms with Crippen LogP contribution in [0.1, 0.15) is 44.6 Å². The summed E-state index contributed by atoms with van der Waals surface area (Å²) < 4.78 is 13.1. The first-order valence-electron chi connectivity index (χ1n) is 6.65. The van der Waals surface area contributed by atoms with Crippen molar-refractivity contribution in [2.75, 3.05) is 0 Å². The Bertz CT molecular complexity index is 421. The third-order valence-electron chi connectivity index (χ3n) is 3.96. The first-order chi connectivity index (χ1) is 8.48. The average Bonchev–Trinajstić information content (AvgIpc) is 2.47. The van der Waals surface area contributed by atoms with Crippen LogP contribution in [0.2, 0.25) is 5.02 Å². The fourth-order valence-corrected chi connectivity index (χ4v) is 2.97. The quantitative estimate of drug-likeness (QED) is 0.792. The van der Waals surface area contributed by atoms with E-state index in [0.717, 1.165) is 31.2 Å². The molecule has 3 heteroatoms. The monoisotopic (exact) mass is 270 g/mol. The molecule has 2 rings (SSSR count). The number of halogens is 2. The molecular weight excluding hydrogens is 251 g/mol. The first-order valence-corrected chi connectivity index (χ1v) is 7.03. The predicted molar refractivity (Wildman–Crippen MR) is 72.3 cm³/mol. The van der Waals surface area contributed by atoms with Crippen LogP contribution in [0.4, 0.5) is 4.39 Å². The second kappa shape index (κ2) is 5.58. The van der Waals surface area contributed by atoms with Crippen molar-refractivity contribution in [1.29, 1.82) is 0 Å². The molecule has 0 bridgehead atoms. The molecule has 2 unspecified atom stereocenters. The summed E-state index contributed by atoms with van der Waals surface area (Å²) in [5.41, 5.74) is 0.268. The van der Waals surface area contributed by atoms with E-state index in [4.69, 9.17) is 11.6 Å². The smallest absolute Gasteiger partial charge is 0.141 e. The molecule has 0 heterocycles. The lowest BCUT2D eigenvalue weighted by Gasteiger charge is -2.27. The van der Waals surface area contributed by atoms with Crippen LogP contribution in [0.3, 0.4) is 0 Å². The molecule has 1 aromatic carbocycles. The number of rotatable bonds is 2. The van der Waals surface area contributed by atoms with E-state index in [1.807, 2.05) is 0 Å². The SMILES string of the molecule is CC1CCCC(O)(Cc2ccc(F)c(Cl)c2)CC1. The van der Waals surface area contributed by atoms with E-state index in [1.165, 1.54) is 12.5 Å².